The average Bonchev–Trinajstić information content (AvgIpc) is 2.43. The molecule has 0 bridgehead atoms. The summed E-state index contributed by atoms with van der Waals surface area (Å²) in [6.07, 6.45) is 5.19. The zero-order chi connectivity index (χ0) is 13.7. The lowest BCUT2D eigenvalue weighted by Crippen LogP contribution is -2.40. The van der Waals surface area contributed by atoms with Crippen molar-refractivity contribution in [2.45, 2.75) is 45.2 Å². The molecule has 1 aliphatic rings. The highest BCUT2D eigenvalue weighted by Crippen LogP contribution is 2.23. The molecule has 1 heterocycles. The van der Waals surface area contributed by atoms with Gasteiger partial charge in [0.25, 0.3) is 5.56 Å². The molecule has 0 saturated heterocycles. The predicted octanol–water partition coefficient (Wildman–Crippen LogP) is 1.42. The smallest absolute Gasteiger partial charge is 0.267 e. The highest BCUT2D eigenvalue weighted by atomic mass is 16.5. The van der Waals surface area contributed by atoms with Crippen LogP contribution in [-0.4, -0.2) is 29.5 Å². The Morgan fingerprint density at radius 1 is 1.42 bits per heavy atom. The third-order valence-corrected chi connectivity index (χ3v) is 3.89. The monoisotopic (exact) mass is 265 g/mol. The van der Waals surface area contributed by atoms with Crippen molar-refractivity contribution >= 4 is 0 Å². The van der Waals surface area contributed by atoms with E-state index in [0.717, 1.165) is 12.5 Å². The minimum absolute atomic E-state index is 0.0840. The SMILES string of the molecule is COc1ccc(=O)n(CCNC2CCCCC2C)n1. The van der Waals surface area contributed by atoms with Crippen molar-refractivity contribution < 1.29 is 4.74 Å². The van der Waals surface area contributed by atoms with Crippen LogP contribution >= 0.6 is 0 Å². The van der Waals surface area contributed by atoms with Crippen LogP contribution in [0.1, 0.15) is 32.6 Å². The molecule has 0 spiro atoms. The molecule has 1 aromatic heterocycles. The predicted molar refractivity (Wildman–Crippen MR) is 74.5 cm³/mol. The molecule has 0 radical (unpaired) electrons. The number of methoxy groups -OCH3 is 1. The van der Waals surface area contributed by atoms with Gasteiger partial charge in [0.05, 0.1) is 13.7 Å². The molecule has 2 unspecified atom stereocenters. The molecule has 0 aromatic carbocycles. The van der Waals surface area contributed by atoms with E-state index in [1.54, 1.807) is 13.2 Å². The average molecular weight is 265 g/mol. The van der Waals surface area contributed by atoms with Crippen molar-refractivity contribution in [2.75, 3.05) is 13.7 Å². The number of ether oxygens (including phenoxy) is 1. The van der Waals surface area contributed by atoms with Gasteiger partial charge in [0, 0.05) is 24.7 Å². The summed E-state index contributed by atoms with van der Waals surface area (Å²) in [4.78, 5) is 11.7. The molecular formula is C14H23N3O2. The van der Waals surface area contributed by atoms with Crippen LogP contribution in [0, 0.1) is 5.92 Å². The Kier molecular flexibility index (Phi) is 4.96. The second kappa shape index (κ2) is 6.70. The minimum Gasteiger partial charge on any atom is -0.480 e. The van der Waals surface area contributed by atoms with Crippen molar-refractivity contribution in [3.8, 4) is 5.88 Å². The Morgan fingerprint density at radius 2 is 2.21 bits per heavy atom. The normalized spacial score (nSPS) is 23.3. The van der Waals surface area contributed by atoms with Crippen molar-refractivity contribution in [3.63, 3.8) is 0 Å². The minimum atomic E-state index is -0.0840. The van der Waals surface area contributed by atoms with Gasteiger partial charge >= 0.3 is 0 Å². The first-order chi connectivity index (χ1) is 9.20. The number of nitrogens with zero attached hydrogens (tertiary/aromatic N) is 2. The van der Waals surface area contributed by atoms with Crippen LogP contribution in [0.4, 0.5) is 0 Å². The maximum atomic E-state index is 11.7. The summed E-state index contributed by atoms with van der Waals surface area (Å²) in [5.41, 5.74) is -0.0840. The summed E-state index contributed by atoms with van der Waals surface area (Å²) < 4.78 is 6.49. The Hall–Kier alpha value is -1.36. The second-order valence-corrected chi connectivity index (χ2v) is 5.26. The summed E-state index contributed by atoms with van der Waals surface area (Å²) in [5.74, 6) is 1.20. The van der Waals surface area contributed by atoms with E-state index in [0.29, 0.717) is 18.5 Å². The summed E-state index contributed by atoms with van der Waals surface area (Å²) in [5, 5.41) is 7.68. The summed E-state index contributed by atoms with van der Waals surface area (Å²) in [7, 11) is 1.55. The van der Waals surface area contributed by atoms with Crippen LogP contribution in [-0.2, 0) is 6.54 Å². The molecule has 2 atom stereocenters. The van der Waals surface area contributed by atoms with E-state index in [2.05, 4.69) is 17.3 Å². The topological polar surface area (TPSA) is 56.1 Å². The number of hydrogen-bond donors (Lipinski definition) is 1. The molecule has 1 aromatic rings. The van der Waals surface area contributed by atoms with Gasteiger partial charge in [-0.05, 0) is 18.8 Å². The highest BCUT2D eigenvalue weighted by Gasteiger charge is 2.20. The number of aromatic nitrogens is 2. The summed E-state index contributed by atoms with van der Waals surface area (Å²) in [6, 6.07) is 3.67. The zero-order valence-electron chi connectivity index (χ0n) is 11.8. The van der Waals surface area contributed by atoms with Crippen LogP contribution in [0.3, 0.4) is 0 Å². The van der Waals surface area contributed by atoms with Crippen molar-refractivity contribution in [3.05, 3.63) is 22.5 Å². The van der Waals surface area contributed by atoms with E-state index in [1.165, 1.54) is 36.4 Å². The molecular weight excluding hydrogens is 242 g/mol. The first-order valence-corrected chi connectivity index (χ1v) is 7.06. The number of hydrogen-bond acceptors (Lipinski definition) is 4. The van der Waals surface area contributed by atoms with Crippen LogP contribution < -0.4 is 15.6 Å². The van der Waals surface area contributed by atoms with E-state index in [-0.39, 0.29) is 5.56 Å². The quantitative estimate of drug-likeness (QED) is 0.875. The molecule has 1 aliphatic carbocycles. The van der Waals surface area contributed by atoms with Crippen LogP contribution in [0.2, 0.25) is 0 Å². The number of rotatable bonds is 5. The van der Waals surface area contributed by atoms with E-state index in [1.807, 2.05) is 0 Å². The first-order valence-electron chi connectivity index (χ1n) is 7.06. The fourth-order valence-electron chi connectivity index (χ4n) is 2.67. The van der Waals surface area contributed by atoms with Crippen LogP contribution in [0.15, 0.2) is 16.9 Å². The molecule has 1 N–H and O–H groups in total. The lowest BCUT2D eigenvalue weighted by atomic mass is 9.86. The van der Waals surface area contributed by atoms with Gasteiger partial charge in [-0.1, -0.05) is 19.8 Å². The van der Waals surface area contributed by atoms with Crippen LogP contribution in [0.5, 0.6) is 5.88 Å². The standard InChI is InChI=1S/C14H23N3O2/c1-11-5-3-4-6-12(11)15-9-10-17-14(18)8-7-13(16-17)19-2/h7-8,11-12,15H,3-6,9-10H2,1-2H3. The molecule has 5 nitrogen and oxygen atoms in total. The van der Waals surface area contributed by atoms with Gasteiger partial charge < -0.3 is 10.1 Å². The molecule has 1 fully saturated rings. The van der Waals surface area contributed by atoms with E-state index in [4.69, 9.17) is 4.74 Å². The fraction of sp³-hybridized carbons (Fsp3) is 0.714. The van der Waals surface area contributed by atoms with E-state index in [9.17, 15) is 4.79 Å². The molecule has 2 rings (SSSR count). The Labute approximate surface area is 114 Å². The fourth-order valence-corrected chi connectivity index (χ4v) is 2.67. The summed E-state index contributed by atoms with van der Waals surface area (Å²) >= 11 is 0. The molecule has 5 heteroatoms. The van der Waals surface area contributed by atoms with Crippen LogP contribution in [0.25, 0.3) is 0 Å². The molecule has 0 aliphatic heterocycles. The van der Waals surface area contributed by atoms with Gasteiger partial charge in [-0.15, -0.1) is 5.10 Å². The second-order valence-electron chi connectivity index (χ2n) is 5.26. The summed E-state index contributed by atoms with van der Waals surface area (Å²) in [6.45, 7) is 3.65. The van der Waals surface area contributed by atoms with Gasteiger partial charge in [0.15, 0.2) is 0 Å². The van der Waals surface area contributed by atoms with Gasteiger partial charge in [0.2, 0.25) is 5.88 Å². The zero-order valence-corrected chi connectivity index (χ0v) is 11.8. The number of nitrogens with one attached hydrogen (secondary N) is 1. The molecule has 0 amide bonds. The Morgan fingerprint density at radius 3 is 2.95 bits per heavy atom. The van der Waals surface area contributed by atoms with Crippen molar-refractivity contribution in [1.29, 1.82) is 0 Å². The van der Waals surface area contributed by atoms with Gasteiger partial charge in [0.1, 0.15) is 0 Å². The van der Waals surface area contributed by atoms with Gasteiger partial charge in [-0.2, -0.15) is 0 Å². The molecule has 106 valence electrons. The lowest BCUT2D eigenvalue weighted by molar-refractivity contribution is 0.275. The lowest BCUT2D eigenvalue weighted by Gasteiger charge is -2.29. The third-order valence-electron chi connectivity index (χ3n) is 3.89. The van der Waals surface area contributed by atoms with Crippen molar-refractivity contribution in [2.24, 2.45) is 5.92 Å². The van der Waals surface area contributed by atoms with Crippen molar-refractivity contribution in [1.82, 2.24) is 15.1 Å². The highest BCUT2D eigenvalue weighted by molar-refractivity contribution is 5.05. The van der Waals surface area contributed by atoms with Gasteiger partial charge in [-0.3, -0.25) is 4.79 Å². The Balaban J connectivity index is 1.86. The molecule has 19 heavy (non-hydrogen) atoms. The first kappa shape index (κ1) is 14.1. The molecule has 1 saturated carbocycles. The largest absolute Gasteiger partial charge is 0.480 e. The van der Waals surface area contributed by atoms with E-state index < -0.39 is 0 Å². The van der Waals surface area contributed by atoms with E-state index >= 15 is 0 Å². The maximum absolute atomic E-state index is 11.7. The maximum Gasteiger partial charge on any atom is 0.267 e. The third kappa shape index (κ3) is 3.80. The Bertz CT molecular complexity index is 458. The van der Waals surface area contributed by atoms with Gasteiger partial charge in [-0.25, -0.2) is 4.68 Å².